The van der Waals surface area contributed by atoms with Gasteiger partial charge in [-0.15, -0.1) is 0 Å². The lowest BCUT2D eigenvalue weighted by Gasteiger charge is -2.27. The molecule has 0 aromatic heterocycles. The minimum Gasteiger partial charge on any atom is -0.486 e. The summed E-state index contributed by atoms with van der Waals surface area (Å²) in [7, 11) is 0. The summed E-state index contributed by atoms with van der Waals surface area (Å²) in [4.78, 5) is 25.2. The molecule has 7 heteroatoms. The molecule has 2 atom stereocenters. The number of benzene rings is 1. The Hall–Kier alpha value is -2.44. The van der Waals surface area contributed by atoms with Crippen molar-refractivity contribution in [3.05, 3.63) is 18.2 Å². The monoisotopic (exact) mass is 390 g/mol. The minimum absolute atomic E-state index is 0.0976. The number of amides is 2. The Morgan fingerprint density at radius 3 is 2.50 bits per heavy atom. The molecule has 1 aromatic rings. The number of rotatable bonds is 3. The Balaban J connectivity index is 1.67. The molecule has 1 aliphatic heterocycles. The standard InChI is InChI=1S/C21H30N2O5/c1-21(2,3)28-20(25)23-16-8-6-4-5-7-15(16)19(24)22-14-9-10-17-18(13-14)27-12-11-26-17/h9-10,13,15-16H,4-8,11-12H2,1-3H3,(H,22,24)(H,23,25)/t15-,16+/m1/s1. The summed E-state index contributed by atoms with van der Waals surface area (Å²) < 4.78 is 16.5. The Morgan fingerprint density at radius 2 is 1.75 bits per heavy atom. The van der Waals surface area contributed by atoms with E-state index in [0.717, 1.165) is 32.1 Å². The normalized spacial score (nSPS) is 22.0. The molecule has 0 unspecified atom stereocenters. The fraction of sp³-hybridized carbons (Fsp3) is 0.619. The van der Waals surface area contributed by atoms with Crippen molar-refractivity contribution in [3.63, 3.8) is 0 Å². The molecule has 0 bridgehead atoms. The van der Waals surface area contributed by atoms with Crippen LogP contribution >= 0.6 is 0 Å². The van der Waals surface area contributed by atoms with Gasteiger partial charge in [0.2, 0.25) is 5.91 Å². The second-order valence-electron chi connectivity index (χ2n) is 8.34. The largest absolute Gasteiger partial charge is 0.486 e. The van der Waals surface area contributed by atoms with E-state index in [1.54, 1.807) is 18.2 Å². The van der Waals surface area contributed by atoms with E-state index < -0.39 is 11.7 Å². The number of carbonyl (C=O) groups is 2. The second-order valence-corrected chi connectivity index (χ2v) is 8.34. The molecule has 1 fully saturated rings. The maximum Gasteiger partial charge on any atom is 0.407 e. The fourth-order valence-electron chi connectivity index (χ4n) is 3.61. The van der Waals surface area contributed by atoms with Gasteiger partial charge in [0.05, 0.1) is 5.92 Å². The Bertz CT molecular complexity index is 713. The second kappa shape index (κ2) is 8.71. The van der Waals surface area contributed by atoms with Gasteiger partial charge in [-0.2, -0.15) is 0 Å². The maximum absolute atomic E-state index is 13.0. The molecule has 0 radical (unpaired) electrons. The molecule has 1 aromatic carbocycles. The van der Waals surface area contributed by atoms with Crippen molar-refractivity contribution in [2.24, 2.45) is 5.92 Å². The van der Waals surface area contributed by atoms with Crippen LogP contribution in [0.15, 0.2) is 18.2 Å². The molecule has 154 valence electrons. The van der Waals surface area contributed by atoms with Crippen LogP contribution in [0.2, 0.25) is 0 Å². The van der Waals surface area contributed by atoms with E-state index in [1.165, 1.54) is 0 Å². The van der Waals surface area contributed by atoms with Crippen molar-refractivity contribution in [1.82, 2.24) is 5.32 Å². The molecular formula is C21H30N2O5. The van der Waals surface area contributed by atoms with Gasteiger partial charge in [-0.3, -0.25) is 4.79 Å². The minimum atomic E-state index is -0.572. The number of fused-ring (bicyclic) bond motifs is 1. The van der Waals surface area contributed by atoms with Gasteiger partial charge < -0.3 is 24.8 Å². The molecule has 0 spiro atoms. The van der Waals surface area contributed by atoms with Gasteiger partial charge in [0.15, 0.2) is 11.5 Å². The number of hydrogen-bond donors (Lipinski definition) is 2. The Labute approximate surface area is 166 Å². The highest BCUT2D eigenvalue weighted by molar-refractivity contribution is 5.93. The maximum atomic E-state index is 13.0. The van der Waals surface area contributed by atoms with Gasteiger partial charge in [-0.1, -0.05) is 19.3 Å². The SMILES string of the molecule is CC(C)(C)OC(=O)N[C@H]1CCCCC[C@H]1C(=O)Nc1ccc2c(c1)OCCO2. The van der Waals surface area contributed by atoms with Gasteiger partial charge in [-0.25, -0.2) is 4.79 Å². The highest BCUT2D eigenvalue weighted by Gasteiger charge is 2.32. The van der Waals surface area contributed by atoms with Crippen LogP contribution in [0.4, 0.5) is 10.5 Å². The lowest BCUT2D eigenvalue weighted by Crippen LogP contribution is -2.46. The van der Waals surface area contributed by atoms with Crippen molar-refractivity contribution < 1.29 is 23.8 Å². The number of nitrogens with one attached hydrogen (secondary N) is 2. The van der Waals surface area contributed by atoms with Crippen molar-refractivity contribution in [2.75, 3.05) is 18.5 Å². The smallest absolute Gasteiger partial charge is 0.407 e. The van der Waals surface area contributed by atoms with E-state index >= 15 is 0 Å². The van der Waals surface area contributed by atoms with Crippen molar-refractivity contribution in [1.29, 1.82) is 0 Å². The van der Waals surface area contributed by atoms with Gasteiger partial charge in [0.25, 0.3) is 0 Å². The van der Waals surface area contributed by atoms with Gasteiger partial charge >= 0.3 is 6.09 Å². The van der Waals surface area contributed by atoms with Gasteiger partial charge in [0, 0.05) is 17.8 Å². The zero-order valence-corrected chi connectivity index (χ0v) is 16.9. The Morgan fingerprint density at radius 1 is 1.04 bits per heavy atom. The first-order valence-corrected chi connectivity index (χ1v) is 10.0. The number of alkyl carbamates (subject to hydrolysis) is 1. The predicted molar refractivity (Wildman–Crippen MR) is 106 cm³/mol. The first-order chi connectivity index (χ1) is 13.3. The third kappa shape index (κ3) is 5.53. The van der Waals surface area contributed by atoms with Crippen molar-refractivity contribution in [3.8, 4) is 11.5 Å². The number of anilines is 1. The van der Waals surface area contributed by atoms with E-state index in [-0.39, 0.29) is 17.9 Å². The highest BCUT2D eigenvalue weighted by Crippen LogP contribution is 2.33. The van der Waals surface area contributed by atoms with Gasteiger partial charge in [-0.05, 0) is 45.7 Å². The third-order valence-electron chi connectivity index (χ3n) is 4.86. The van der Waals surface area contributed by atoms with Crippen LogP contribution < -0.4 is 20.1 Å². The van der Waals surface area contributed by atoms with E-state index in [4.69, 9.17) is 14.2 Å². The molecule has 0 saturated heterocycles. The quantitative estimate of drug-likeness (QED) is 0.765. The van der Waals surface area contributed by atoms with Crippen molar-refractivity contribution in [2.45, 2.75) is 64.5 Å². The highest BCUT2D eigenvalue weighted by atomic mass is 16.6. The molecule has 2 N–H and O–H groups in total. The summed E-state index contributed by atoms with van der Waals surface area (Å²) in [5.41, 5.74) is 0.0899. The topological polar surface area (TPSA) is 85.9 Å². The molecule has 2 amide bonds. The van der Waals surface area contributed by atoms with E-state index in [2.05, 4.69) is 10.6 Å². The zero-order chi connectivity index (χ0) is 20.1. The fourth-order valence-corrected chi connectivity index (χ4v) is 3.61. The molecule has 3 rings (SSSR count). The lowest BCUT2D eigenvalue weighted by molar-refractivity contribution is -0.120. The first-order valence-electron chi connectivity index (χ1n) is 10.0. The molecular weight excluding hydrogens is 360 g/mol. The average molecular weight is 390 g/mol. The number of hydrogen-bond acceptors (Lipinski definition) is 5. The summed E-state index contributed by atoms with van der Waals surface area (Å²) >= 11 is 0. The van der Waals surface area contributed by atoms with Crippen LogP contribution in [0.3, 0.4) is 0 Å². The van der Waals surface area contributed by atoms with Crippen LogP contribution in [0, 0.1) is 5.92 Å². The molecule has 28 heavy (non-hydrogen) atoms. The molecule has 1 saturated carbocycles. The van der Waals surface area contributed by atoms with Gasteiger partial charge in [0.1, 0.15) is 18.8 Å². The Kier molecular flexibility index (Phi) is 6.31. The van der Waals surface area contributed by atoms with E-state index in [1.807, 2.05) is 20.8 Å². The summed E-state index contributed by atoms with van der Waals surface area (Å²) in [6.07, 6.45) is 4.02. The van der Waals surface area contributed by atoms with Crippen LogP contribution in [-0.4, -0.2) is 36.9 Å². The zero-order valence-electron chi connectivity index (χ0n) is 16.9. The van der Waals surface area contributed by atoms with Crippen molar-refractivity contribution >= 4 is 17.7 Å². The lowest BCUT2D eigenvalue weighted by atomic mass is 9.93. The van der Waals surface area contributed by atoms with Crippen LogP contribution in [-0.2, 0) is 9.53 Å². The molecule has 1 aliphatic carbocycles. The molecule has 2 aliphatic rings. The van der Waals surface area contributed by atoms with Crippen LogP contribution in [0.1, 0.15) is 52.9 Å². The number of ether oxygens (including phenoxy) is 3. The third-order valence-corrected chi connectivity index (χ3v) is 4.86. The molecule has 1 heterocycles. The first kappa shape index (κ1) is 20.3. The summed E-state index contributed by atoms with van der Waals surface area (Å²) in [5, 5.41) is 5.89. The van der Waals surface area contributed by atoms with E-state index in [9.17, 15) is 9.59 Å². The van der Waals surface area contributed by atoms with E-state index in [0.29, 0.717) is 30.4 Å². The number of carbonyl (C=O) groups excluding carboxylic acids is 2. The summed E-state index contributed by atoms with van der Waals surface area (Å²) in [6.45, 7) is 6.50. The molecule has 7 nitrogen and oxygen atoms in total. The average Bonchev–Trinajstić information content (AvgIpc) is 2.85. The van der Waals surface area contributed by atoms with Crippen LogP contribution in [0.5, 0.6) is 11.5 Å². The predicted octanol–water partition coefficient (Wildman–Crippen LogP) is 3.87. The summed E-state index contributed by atoms with van der Waals surface area (Å²) in [5.74, 6) is 0.916. The summed E-state index contributed by atoms with van der Waals surface area (Å²) in [6, 6.07) is 5.14. The van der Waals surface area contributed by atoms with Crippen LogP contribution in [0.25, 0.3) is 0 Å².